The Balaban J connectivity index is 0.00000220. The van der Waals surface area contributed by atoms with Crippen LogP contribution in [0, 0.1) is 0 Å². The number of hydrogen-bond donors (Lipinski definition) is 2. The topological polar surface area (TPSA) is 62.9 Å². The van der Waals surface area contributed by atoms with Crippen LogP contribution in [-0.4, -0.2) is 44.7 Å². The van der Waals surface area contributed by atoms with E-state index in [4.69, 9.17) is 10.5 Å². The van der Waals surface area contributed by atoms with Crippen molar-refractivity contribution in [1.82, 2.24) is 10.2 Å². The van der Waals surface area contributed by atoms with Gasteiger partial charge in [-0.25, -0.2) is 0 Å². The quantitative estimate of drug-likeness (QED) is 0.448. The Hall–Kier alpha value is -1.02. The molecular weight excluding hydrogens is 379 g/mol. The van der Waals surface area contributed by atoms with Crippen LogP contribution in [0.1, 0.15) is 24.4 Å². The van der Waals surface area contributed by atoms with E-state index in [-0.39, 0.29) is 24.0 Å². The highest BCUT2D eigenvalue weighted by molar-refractivity contribution is 14.0. The van der Waals surface area contributed by atoms with E-state index in [9.17, 15) is 0 Å². The zero-order valence-corrected chi connectivity index (χ0v) is 15.0. The second kappa shape index (κ2) is 9.09. The summed E-state index contributed by atoms with van der Waals surface area (Å²) in [6.45, 7) is 3.05. The van der Waals surface area contributed by atoms with Gasteiger partial charge in [-0.1, -0.05) is 12.1 Å². The highest BCUT2D eigenvalue weighted by Gasteiger charge is 2.23. The predicted molar refractivity (Wildman–Crippen MR) is 97.5 cm³/mol. The van der Waals surface area contributed by atoms with Crippen LogP contribution in [0.25, 0.3) is 0 Å². The first-order valence-corrected chi connectivity index (χ1v) is 7.08. The molecule has 1 aliphatic rings. The highest BCUT2D eigenvalue weighted by atomic mass is 127. The molecule has 0 amide bonds. The molecule has 21 heavy (non-hydrogen) atoms. The number of benzene rings is 1. The van der Waals surface area contributed by atoms with Crippen LogP contribution in [0.15, 0.2) is 29.3 Å². The molecule has 0 bridgehead atoms. The van der Waals surface area contributed by atoms with Crippen LogP contribution < -0.4 is 15.8 Å². The average Bonchev–Trinajstić information content (AvgIpc) is 3.02. The van der Waals surface area contributed by atoms with Crippen LogP contribution >= 0.6 is 24.0 Å². The van der Waals surface area contributed by atoms with Gasteiger partial charge in [-0.15, -0.1) is 24.0 Å². The Morgan fingerprint density at radius 2 is 1.95 bits per heavy atom. The van der Waals surface area contributed by atoms with Crippen LogP contribution in [0.2, 0.25) is 0 Å². The van der Waals surface area contributed by atoms with Crippen LogP contribution in [-0.2, 0) is 0 Å². The lowest BCUT2D eigenvalue weighted by molar-refractivity contribution is 0.245. The Kier molecular flexibility index (Phi) is 7.81. The van der Waals surface area contributed by atoms with Crippen LogP contribution in [0.4, 0.5) is 0 Å². The van der Waals surface area contributed by atoms with E-state index in [2.05, 4.69) is 27.3 Å². The minimum Gasteiger partial charge on any atom is -0.497 e. The standard InChI is InChI=1S/C15H24N4O.HI/c1-17-15(16)18-11-14(19-9-3-4-10-19)12-5-7-13(20-2)8-6-12;/h5-8,14H,3-4,9-11H2,1-2H3,(H3,16,17,18);1H. The smallest absolute Gasteiger partial charge is 0.188 e. The van der Waals surface area contributed by atoms with Crippen molar-refractivity contribution < 1.29 is 4.74 Å². The Labute approximate surface area is 144 Å². The minimum atomic E-state index is 0. The number of aliphatic imine (C=N–C) groups is 1. The van der Waals surface area contributed by atoms with Gasteiger partial charge in [-0.2, -0.15) is 0 Å². The van der Waals surface area contributed by atoms with Crippen molar-refractivity contribution in [2.45, 2.75) is 18.9 Å². The molecule has 5 nitrogen and oxygen atoms in total. The normalized spacial score (nSPS) is 17.1. The molecule has 1 aromatic rings. The largest absolute Gasteiger partial charge is 0.497 e. The monoisotopic (exact) mass is 404 g/mol. The van der Waals surface area contributed by atoms with Gasteiger partial charge in [0.25, 0.3) is 0 Å². The Morgan fingerprint density at radius 1 is 1.33 bits per heavy atom. The predicted octanol–water partition coefficient (Wildman–Crippen LogP) is 1.98. The van der Waals surface area contributed by atoms with E-state index in [1.165, 1.54) is 18.4 Å². The van der Waals surface area contributed by atoms with Gasteiger partial charge < -0.3 is 15.8 Å². The maximum atomic E-state index is 5.74. The van der Waals surface area contributed by atoms with E-state index in [0.29, 0.717) is 12.0 Å². The molecule has 1 fully saturated rings. The number of guanidine groups is 1. The summed E-state index contributed by atoms with van der Waals surface area (Å²) < 4.78 is 5.22. The lowest BCUT2D eigenvalue weighted by atomic mass is 10.1. The first kappa shape index (κ1) is 18.0. The van der Waals surface area contributed by atoms with Crippen molar-refractivity contribution in [2.75, 3.05) is 33.8 Å². The number of nitrogens with one attached hydrogen (secondary N) is 1. The van der Waals surface area contributed by atoms with Gasteiger partial charge in [0.1, 0.15) is 5.75 Å². The third kappa shape index (κ3) is 5.03. The summed E-state index contributed by atoms with van der Waals surface area (Å²) in [6.07, 6.45) is 2.54. The van der Waals surface area contributed by atoms with Gasteiger partial charge in [0, 0.05) is 13.6 Å². The molecule has 6 heteroatoms. The number of nitrogens with two attached hydrogens (primary N) is 1. The van der Waals surface area contributed by atoms with Gasteiger partial charge in [0.05, 0.1) is 13.2 Å². The second-order valence-corrected chi connectivity index (χ2v) is 5.02. The van der Waals surface area contributed by atoms with E-state index < -0.39 is 0 Å². The number of hydrogen-bond acceptors (Lipinski definition) is 3. The SMILES string of the molecule is CN=C(N)NCC(c1ccc(OC)cc1)N1CCCC1.I. The third-order valence-electron chi connectivity index (χ3n) is 3.80. The first-order chi connectivity index (χ1) is 9.74. The van der Waals surface area contributed by atoms with Gasteiger partial charge in [0.15, 0.2) is 5.96 Å². The van der Waals surface area contributed by atoms with E-state index in [1.54, 1.807) is 14.2 Å². The summed E-state index contributed by atoms with van der Waals surface area (Å²) in [6, 6.07) is 8.60. The second-order valence-electron chi connectivity index (χ2n) is 5.02. The summed E-state index contributed by atoms with van der Waals surface area (Å²) in [4.78, 5) is 6.45. The molecular formula is C15H25IN4O. The summed E-state index contributed by atoms with van der Waals surface area (Å²) in [5.41, 5.74) is 7.03. The summed E-state index contributed by atoms with van der Waals surface area (Å²) >= 11 is 0. The van der Waals surface area contributed by atoms with Crippen molar-refractivity contribution in [1.29, 1.82) is 0 Å². The van der Waals surface area contributed by atoms with Crippen molar-refractivity contribution in [3.05, 3.63) is 29.8 Å². The van der Waals surface area contributed by atoms with Gasteiger partial charge in [0.2, 0.25) is 0 Å². The van der Waals surface area contributed by atoms with Gasteiger partial charge in [-0.3, -0.25) is 9.89 Å². The van der Waals surface area contributed by atoms with Crippen LogP contribution in [0.5, 0.6) is 5.75 Å². The molecule has 1 unspecified atom stereocenters. The molecule has 0 aromatic heterocycles. The van der Waals surface area contributed by atoms with Gasteiger partial charge in [-0.05, 0) is 43.6 Å². The van der Waals surface area contributed by atoms with Crippen molar-refractivity contribution in [2.24, 2.45) is 10.7 Å². The maximum Gasteiger partial charge on any atom is 0.188 e. The lowest BCUT2D eigenvalue weighted by Crippen LogP contribution is -2.39. The number of halogens is 1. The van der Waals surface area contributed by atoms with E-state index >= 15 is 0 Å². The third-order valence-corrected chi connectivity index (χ3v) is 3.80. The fourth-order valence-corrected chi connectivity index (χ4v) is 2.62. The summed E-state index contributed by atoms with van der Waals surface area (Å²) in [5, 5.41) is 3.19. The molecule has 0 aliphatic carbocycles. The fourth-order valence-electron chi connectivity index (χ4n) is 2.62. The maximum absolute atomic E-state index is 5.74. The lowest BCUT2D eigenvalue weighted by Gasteiger charge is -2.28. The molecule has 0 radical (unpaired) electrons. The molecule has 1 heterocycles. The zero-order chi connectivity index (χ0) is 14.4. The van der Waals surface area contributed by atoms with Crippen molar-refractivity contribution in [3.8, 4) is 5.75 Å². The number of nitrogens with zero attached hydrogens (tertiary/aromatic N) is 2. The summed E-state index contributed by atoms with van der Waals surface area (Å²) in [7, 11) is 3.38. The van der Waals surface area contributed by atoms with Crippen molar-refractivity contribution >= 4 is 29.9 Å². The number of likely N-dealkylation sites (tertiary alicyclic amines) is 1. The Bertz CT molecular complexity index is 443. The molecule has 1 aromatic carbocycles. The van der Waals surface area contributed by atoms with E-state index in [0.717, 1.165) is 25.4 Å². The fraction of sp³-hybridized carbons (Fsp3) is 0.533. The van der Waals surface area contributed by atoms with Crippen LogP contribution in [0.3, 0.4) is 0 Å². The number of ether oxygens (including phenoxy) is 1. The molecule has 2 rings (SSSR count). The van der Waals surface area contributed by atoms with Crippen molar-refractivity contribution in [3.63, 3.8) is 0 Å². The molecule has 118 valence electrons. The highest BCUT2D eigenvalue weighted by Crippen LogP contribution is 2.26. The molecule has 1 saturated heterocycles. The molecule has 3 N–H and O–H groups in total. The number of rotatable bonds is 5. The molecule has 0 spiro atoms. The average molecular weight is 404 g/mol. The minimum absolute atomic E-state index is 0. The zero-order valence-electron chi connectivity index (χ0n) is 12.7. The van der Waals surface area contributed by atoms with Gasteiger partial charge >= 0.3 is 0 Å². The summed E-state index contributed by atoms with van der Waals surface area (Å²) in [5.74, 6) is 1.37. The molecule has 1 atom stereocenters. The molecule has 1 aliphatic heterocycles. The first-order valence-electron chi connectivity index (χ1n) is 7.08. The Morgan fingerprint density at radius 3 is 2.48 bits per heavy atom. The number of methoxy groups -OCH3 is 1. The molecule has 0 saturated carbocycles. The van der Waals surface area contributed by atoms with E-state index in [1.807, 2.05) is 12.1 Å².